The van der Waals surface area contributed by atoms with E-state index in [0.29, 0.717) is 19.0 Å². The summed E-state index contributed by atoms with van der Waals surface area (Å²) in [5, 5.41) is 6.24. The van der Waals surface area contributed by atoms with E-state index >= 15 is 0 Å². The van der Waals surface area contributed by atoms with Gasteiger partial charge in [-0.25, -0.2) is 8.78 Å². The maximum Gasteiger partial charge on any atom is 0.191 e. The van der Waals surface area contributed by atoms with Crippen molar-refractivity contribution in [3.63, 3.8) is 0 Å². The zero-order chi connectivity index (χ0) is 15.9. The van der Waals surface area contributed by atoms with Gasteiger partial charge in [0, 0.05) is 20.1 Å². The maximum absolute atomic E-state index is 13.1. The van der Waals surface area contributed by atoms with Crippen molar-refractivity contribution in [3.05, 3.63) is 70.2 Å². The van der Waals surface area contributed by atoms with Crippen molar-refractivity contribution in [3.8, 4) is 0 Å². The third kappa shape index (κ3) is 4.70. The zero-order valence-electron chi connectivity index (χ0n) is 12.0. The number of hydrogen-bond acceptors (Lipinski definition) is 1. The highest BCUT2D eigenvalue weighted by Crippen LogP contribution is 2.15. The summed E-state index contributed by atoms with van der Waals surface area (Å²) in [7, 11) is 1.64. The monoisotopic (exact) mass is 323 g/mol. The van der Waals surface area contributed by atoms with E-state index in [9.17, 15) is 8.78 Å². The lowest BCUT2D eigenvalue weighted by Crippen LogP contribution is -2.36. The van der Waals surface area contributed by atoms with Crippen molar-refractivity contribution in [1.29, 1.82) is 0 Å². The fourth-order valence-electron chi connectivity index (χ4n) is 1.89. The summed E-state index contributed by atoms with van der Waals surface area (Å²) in [6, 6.07) is 10.9. The molecule has 0 atom stereocenters. The Morgan fingerprint density at radius 3 is 2.32 bits per heavy atom. The zero-order valence-corrected chi connectivity index (χ0v) is 12.8. The Morgan fingerprint density at radius 1 is 1.05 bits per heavy atom. The van der Waals surface area contributed by atoms with Crippen LogP contribution < -0.4 is 10.6 Å². The van der Waals surface area contributed by atoms with E-state index in [-0.39, 0.29) is 10.8 Å². The van der Waals surface area contributed by atoms with Gasteiger partial charge >= 0.3 is 0 Å². The van der Waals surface area contributed by atoms with Gasteiger partial charge in [-0.1, -0.05) is 29.8 Å². The lowest BCUT2D eigenvalue weighted by molar-refractivity contribution is 0.624. The molecule has 0 fully saturated rings. The van der Waals surface area contributed by atoms with Gasteiger partial charge in [-0.15, -0.1) is 0 Å². The summed E-state index contributed by atoms with van der Waals surface area (Å²) in [6.07, 6.45) is 0. The number of rotatable bonds is 4. The first-order valence-electron chi connectivity index (χ1n) is 6.71. The van der Waals surface area contributed by atoms with E-state index in [1.165, 1.54) is 18.2 Å². The first-order chi connectivity index (χ1) is 10.6. The van der Waals surface area contributed by atoms with Crippen LogP contribution in [0.15, 0.2) is 47.5 Å². The Balaban J connectivity index is 1.88. The molecule has 2 aromatic carbocycles. The molecule has 0 spiro atoms. The average molecular weight is 324 g/mol. The third-order valence-electron chi connectivity index (χ3n) is 3.02. The number of nitrogens with one attached hydrogen (secondary N) is 2. The van der Waals surface area contributed by atoms with Crippen molar-refractivity contribution in [1.82, 2.24) is 10.6 Å². The molecule has 3 nitrogen and oxygen atoms in total. The van der Waals surface area contributed by atoms with Crippen molar-refractivity contribution in [2.45, 2.75) is 13.1 Å². The minimum absolute atomic E-state index is 0.0852. The molecule has 0 heterocycles. The maximum atomic E-state index is 13.1. The van der Waals surface area contributed by atoms with Gasteiger partial charge in [0.25, 0.3) is 0 Å². The van der Waals surface area contributed by atoms with Crippen LogP contribution in [0.25, 0.3) is 0 Å². The molecule has 2 aromatic rings. The van der Waals surface area contributed by atoms with Crippen LogP contribution in [0.4, 0.5) is 8.78 Å². The van der Waals surface area contributed by atoms with Crippen molar-refractivity contribution >= 4 is 17.6 Å². The quantitative estimate of drug-likeness (QED) is 0.667. The van der Waals surface area contributed by atoms with Crippen molar-refractivity contribution < 1.29 is 8.78 Å². The molecule has 0 aliphatic heterocycles. The van der Waals surface area contributed by atoms with E-state index in [1.807, 2.05) is 6.07 Å². The van der Waals surface area contributed by atoms with Gasteiger partial charge < -0.3 is 10.6 Å². The van der Waals surface area contributed by atoms with E-state index in [0.717, 1.165) is 11.1 Å². The molecule has 2 N–H and O–H groups in total. The summed E-state index contributed by atoms with van der Waals surface area (Å²) < 4.78 is 26.2. The van der Waals surface area contributed by atoms with Gasteiger partial charge in [0.1, 0.15) is 11.6 Å². The smallest absolute Gasteiger partial charge is 0.191 e. The number of guanidine groups is 1. The van der Waals surface area contributed by atoms with Crippen LogP contribution in [0, 0.1) is 11.6 Å². The van der Waals surface area contributed by atoms with Crippen molar-refractivity contribution in [2.75, 3.05) is 7.05 Å². The largest absolute Gasteiger partial charge is 0.352 e. The summed E-state index contributed by atoms with van der Waals surface area (Å²) in [5.74, 6) is -0.160. The lowest BCUT2D eigenvalue weighted by atomic mass is 10.2. The summed E-state index contributed by atoms with van der Waals surface area (Å²) >= 11 is 5.73. The van der Waals surface area contributed by atoms with Gasteiger partial charge in [-0.2, -0.15) is 0 Å². The topological polar surface area (TPSA) is 36.4 Å². The van der Waals surface area contributed by atoms with Gasteiger partial charge in [-0.3, -0.25) is 4.99 Å². The minimum atomic E-state index is -0.445. The molecule has 6 heteroatoms. The average Bonchev–Trinajstić information content (AvgIpc) is 2.51. The molecule has 0 saturated heterocycles. The first-order valence-corrected chi connectivity index (χ1v) is 7.09. The molecule has 0 aliphatic rings. The third-order valence-corrected chi connectivity index (χ3v) is 3.31. The summed E-state index contributed by atoms with van der Waals surface area (Å²) in [4.78, 5) is 4.07. The standard InChI is InChI=1S/C16H16ClF2N3/c1-20-16(21-9-11-3-2-4-13(18)7-11)22-10-12-5-6-15(19)14(17)8-12/h2-8H,9-10H2,1H3,(H2,20,21,22). The highest BCUT2D eigenvalue weighted by molar-refractivity contribution is 6.30. The molecule has 2 rings (SSSR count). The highest BCUT2D eigenvalue weighted by Gasteiger charge is 2.03. The minimum Gasteiger partial charge on any atom is -0.352 e. The summed E-state index contributed by atoms with van der Waals surface area (Å²) in [6.45, 7) is 0.893. The second kappa shape index (κ2) is 7.75. The molecule has 0 bridgehead atoms. The molecule has 0 unspecified atom stereocenters. The van der Waals surface area contributed by atoms with Crippen LogP contribution in [0.2, 0.25) is 5.02 Å². The molecule has 0 aliphatic carbocycles. The Labute approximate surface area is 133 Å². The predicted octanol–water partition coefficient (Wildman–Crippen LogP) is 3.48. The normalized spacial score (nSPS) is 11.4. The van der Waals surface area contributed by atoms with Crippen LogP contribution >= 0.6 is 11.6 Å². The molecule has 0 radical (unpaired) electrons. The molecular formula is C16H16ClF2N3. The molecule has 116 valence electrons. The van der Waals surface area contributed by atoms with Crippen LogP contribution in [-0.2, 0) is 13.1 Å². The number of halogens is 3. The molecular weight excluding hydrogens is 308 g/mol. The van der Waals surface area contributed by atoms with Gasteiger partial charge in [0.15, 0.2) is 5.96 Å². The van der Waals surface area contributed by atoms with E-state index in [2.05, 4.69) is 15.6 Å². The van der Waals surface area contributed by atoms with Gasteiger partial charge in [0.2, 0.25) is 0 Å². The van der Waals surface area contributed by atoms with Crippen molar-refractivity contribution in [2.24, 2.45) is 4.99 Å². The summed E-state index contributed by atoms with van der Waals surface area (Å²) in [5.41, 5.74) is 1.65. The Kier molecular flexibility index (Phi) is 5.72. The SMILES string of the molecule is CN=C(NCc1cccc(F)c1)NCc1ccc(F)c(Cl)c1. The number of hydrogen-bond donors (Lipinski definition) is 2. The number of nitrogens with zero attached hydrogens (tertiary/aromatic N) is 1. The molecule has 0 aromatic heterocycles. The predicted molar refractivity (Wildman–Crippen MR) is 84.8 cm³/mol. The van der Waals surface area contributed by atoms with Gasteiger partial charge in [-0.05, 0) is 35.4 Å². The van der Waals surface area contributed by atoms with E-state index in [4.69, 9.17) is 11.6 Å². The molecule has 0 amide bonds. The fraction of sp³-hybridized carbons (Fsp3) is 0.188. The highest BCUT2D eigenvalue weighted by atomic mass is 35.5. The Bertz CT molecular complexity index is 674. The first kappa shape index (κ1) is 16.2. The van der Waals surface area contributed by atoms with E-state index in [1.54, 1.807) is 25.2 Å². The Hall–Kier alpha value is -2.14. The Morgan fingerprint density at radius 2 is 1.73 bits per heavy atom. The van der Waals surface area contributed by atoms with Gasteiger partial charge in [0.05, 0.1) is 5.02 Å². The number of benzene rings is 2. The fourth-order valence-corrected chi connectivity index (χ4v) is 2.09. The number of aliphatic imine (C=N–C) groups is 1. The second-order valence-corrected chi connectivity index (χ2v) is 5.06. The molecule has 22 heavy (non-hydrogen) atoms. The second-order valence-electron chi connectivity index (χ2n) is 4.66. The van der Waals surface area contributed by atoms with Crippen LogP contribution in [0.3, 0.4) is 0 Å². The van der Waals surface area contributed by atoms with Crippen LogP contribution in [0.1, 0.15) is 11.1 Å². The van der Waals surface area contributed by atoms with Crippen LogP contribution in [-0.4, -0.2) is 13.0 Å². The molecule has 0 saturated carbocycles. The van der Waals surface area contributed by atoms with Crippen LogP contribution in [0.5, 0.6) is 0 Å². The lowest BCUT2D eigenvalue weighted by Gasteiger charge is -2.12. The van der Waals surface area contributed by atoms with E-state index < -0.39 is 5.82 Å².